The normalized spacial score (nSPS) is 11.8. The van der Waals surface area contributed by atoms with Gasteiger partial charge in [0.05, 0.1) is 17.1 Å². The average molecular weight is 512 g/mol. The summed E-state index contributed by atoms with van der Waals surface area (Å²) in [5.74, 6) is 0.655. The molecule has 0 spiro atoms. The van der Waals surface area contributed by atoms with Crippen molar-refractivity contribution < 1.29 is 13.2 Å². The molecule has 1 heterocycles. The Morgan fingerprint density at radius 3 is 2.44 bits per heavy atom. The maximum atomic E-state index is 12.6. The van der Waals surface area contributed by atoms with Gasteiger partial charge < -0.3 is 10.6 Å². The van der Waals surface area contributed by atoms with Crippen molar-refractivity contribution in [3.05, 3.63) is 51.5 Å². The number of nitrogens with zero attached hydrogens (tertiary/aromatic N) is 2. The van der Waals surface area contributed by atoms with Crippen LogP contribution in [0.25, 0.3) is 0 Å². The van der Waals surface area contributed by atoms with E-state index in [0.29, 0.717) is 19.0 Å². The Balaban J connectivity index is 0.00000364. The largest absolute Gasteiger partial charge is 0.416 e. The summed E-state index contributed by atoms with van der Waals surface area (Å²) in [6.07, 6.45) is -2.48. The van der Waals surface area contributed by atoms with Crippen LogP contribution in [0.3, 0.4) is 0 Å². The Bertz CT molecular complexity index is 714. The number of guanidine groups is 1. The van der Waals surface area contributed by atoms with E-state index < -0.39 is 11.7 Å². The Morgan fingerprint density at radius 2 is 1.89 bits per heavy atom. The molecule has 0 unspecified atom stereocenters. The van der Waals surface area contributed by atoms with Gasteiger partial charge in [-0.2, -0.15) is 13.2 Å². The van der Waals surface area contributed by atoms with Gasteiger partial charge in [-0.3, -0.25) is 0 Å². The minimum atomic E-state index is -4.31. The Labute approximate surface area is 178 Å². The molecule has 4 nitrogen and oxygen atoms in total. The summed E-state index contributed by atoms with van der Waals surface area (Å²) >= 11 is 1.66. The first-order valence-corrected chi connectivity index (χ1v) is 9.35. The van der Waals surface area contributed by atoms with Crippen LogP contribution in [0.4, 0.5) is 13.2 Å². The number of hydrogen-bond donors (Lipinski definition) is 2. The first-order chi connectivity index (χ1) is 12.4. The lowest BCUT2D eigenvalue weighted by molar-refractivity contribution is -0.137. The number of thiazole rings is 1. The van der Waals surface area contributed by atoms with Crippen molar-refractivity contribution in [2.24, 2.45) is 4.99 Å². The molecule has 150 valence electrons. The van der Waals surface area contributed by atoms with E-state index in [1.165, 1.54) is 12.1 Å². The summed E-state index contributed by atoms with van der Waals surface area (Å²) in [4.78, 5) is 8.85. The third-order valence-electron chi connectivity index (χ3n) is 3.57. The standard InChI is InChI=1S/C18H23F3N4S.HI/c1-3-22-17(23-10-4-5-16-25-13(2)12-26-16)24-11-14-6-8-15(9-7-14)18(19,20)21;/h6-9,12H,3-5,10-11H2,1-2H3,(H2,22,23,24);1H. The molecule has 0 aliphatic carbocycles. The quantitative estimate of drug-likeness (QED) is 0.243. The summed E-state index contributed by atoms with van der Waals surface area (Å²) in [5.41, 5.74) is 1.13. The Morgan fingerprint density at radius 1 is 1.19 bits per heavy atom. The molecule has 2 rings (SSSR count). The smallest absolute Gasteiger partial charge is 0.357 e. The van der Waals surface area contributed by atoms with E-state index in [1.807, 2.05) is 19.2 Å². The van der Waals surface area contributed by atoms with E-state index in [-0.39, 0.29) is 24.0 Å². The van der Waals surface area contributed by atoms with Crippen molar-refractivity contribution in [3.8, 4) is 0 Å². The molecular formula is C18H24F3IN4S. The van der Waals surface area contributed by atoms with Crippen LogP contribution in [0.15, 0.2) is 34.6 Å². The zero-order valence-electron chi connectivity index (χ0n) is 15.3. The number of nitrogens with one attached hydrogen (secondary N) is 2. The predicted molar refractivity (Wildman–Crippen MR) is 115 cm³/mol. The fraction of sp³-hybridized carbons (Fsp3) is 0.444. The lowest BCUT2D eigenvalue weighted by Gasteiger charge is -2.11. The lowest BCUT2D eigenvalue weighted by atomic mass is 10.1. The van der Waals surface area contributed by atoms with Gasteiger partial charge in [-0.05, 0) is 38.0 Å². The van der Waals surface area contributed by atoms with Crippen molar-refractivity contribution in [3.63, 3.8) is 0 Å². The van der Waals surface area contributed by atoms with Crippen molar-refractivity contribution in [2.45, 2.75) is 39.4 Å². The molecule has 0 atom stereocenters. The minimum Gasteiger partial charge on any atom is -0.357 e. The van der Waals surface area contributed by atoms with E-state index in [4.69, 9.17) is 0 Å². The fourth-order valence-electron chi connectivity index (χ4n) is 2.28. The third-order valence-corrected chi connectivity index (χ3v) is 4.60. The van der Waals surface area contributed by atoms with Gasteiger partial charge in [-0.15, -0.1) is 35.3 Å². The van der Waals surface area contributed by atoms with E-state index >= 15 is 0 Å². The molecule has 9 heteroatoms. The van der Waals surface area contributed by atoms with Crippen molar-refractivity contribution >= 4 is 41.3 Å². The highest BCUT2D eigenvalue weighted by Gasteiger charge is 2.29. The van der Waals surface area contributed by atoms with Crippen LogP contribution in [0.1, 0.15) is 35.2 Å². The van der Waals surface area contributed by atoms with Gasteiger partial charge in [-0.1, -0.05) is 12.1 Å². The van der Waals surface area contributed by atoms with Crippen LogP contribution < -0.4 is 10.6 Å². The first kappa shape index (κ1) is 23.7. The number of halogens is 4. The van der Waals surface area contributed by atoms with Gasteiger partial charge in [0, 0.05) is 30.6 Å². The van der Waals surface area contributed by atoms with E-state index in [1.54, 1.807) is 11.3 Å². The molecular weight excluding hydrogens is 488 g/mol. The highest BCUT2D eigenvalue weighted by molar-refractivity contribution is 14.0. The Hall–Kier alpha value is -1.36. The van der Waals surface area contributed by atoms with Crippen LogP contribution in [0.5, 0.6) is 0 Å². The maximum Gasteiger partial charge on any atom is 0.416 e. The number of aryl methyl sites for hydroxylation is 2. The van der Waals surface area contributed by atoms with Crippen LogP contribution in [0.2, 0.25) is 0 Å². The maximum absolute atomic E-state index is 12.6. The summed E-state index contributed by atoms with van der Waals surface area (Å²) in [6.45, 7) is 5.73. The molecule has 0 fully saturated rings. The van der Waals surface area contributed by atoms with Gasteiger partial charge in [-0.25, -0.2) is 9.98 Å². The monoisotopic (exact) mass is 512 g/mol. The van der Waals surface area contributed by atoms with Crippen LogP contribution >= 0.6 is 35.3 Å². The lowest BCUT2D eigenvalue weighted by Crippen LogP contribution is -2.37. The van der Waals surface area contributed by atoms with Crippen molar-refractivity contribution in [1.29, 1.82) is 0 Å². The summed E-state index contributed by atoms with van der Waals surface area (Å²) < 4.78 is 37.7. The molecule has 1 aromatic carbocycles. The molecule has 2 N–H and O–H groups in total. The molecule has 0 saturated heterocycles. The molecule has 0 aliphatic rings. The van der Waals surface area contributed by atoms with Gasteiger partial charge in [0.15, 0.2) is 5.96 Å². The number of hydrogen-bond acceptors (Lipinski definition) is 3. The number of aromatic nitrogens is 1. The first-order valence-electron chi connectivity index (χ1n) is 8.48. The zero-order valence-corrected chi connectivity index (χ0v) is 18.4. The SMILES string of the molecule is CCNC(=NCc1ccc(C(F)(F)F)cc1)NCCCc1nc(C)cs1.I. The molecule has 27 heavy (non-hydrogen) atoms. The number of alkyl halides is 3. The Kier molecular flexibility index (Phi) is 10.1. The number of benzene rings is 1. The predicted octanol–water partition coefficient (Wildman–Crippen LogP) is 4.78. The minimum absolute atomic E-state index is 0. The zero-order chi connectivity index (χ0) is 19.0. The van der Waals surface area contributed by atoms with Gasteiger partial charge in [0.2, 0.25) is 0 Å². The topological polar surface area (TPSA) is 49.3 Å². The molecule has 0 bridgehead atoms. The van der Waals surface area contributed by atoms with Crippen LogP contribution in [-0.4, -0.2) is 24.0 Å². The third kappa shape index (κ3) is 8.46. The second-order valence-corrected chi connectivity index (χ2v) is 6.75. The number of aliphatic imine (C=N–C) groups is 1. The highest BCUT2D eigenvalue weighted by atomic mass is 127. The highest BCUT2D eigenvalue weighted by Crippen LogP contribution is 2.29. The van der Waals surface area contributed by atoms with E-state index in [9.17, 15) is 13.2 Å². The molecule has 0 amide bonds. The summed E-state index contributed by atoms with van der Waals surface area (Å²) in [5, 5.41) is 9.54. The molecule has 0 saturated carbocycles. The van der Waals surface area contributed by atoms with Gasteiger partial charge >= 0.3 is 6.18 Å². The van der Waals surface area contributed by atoms with E-state index in [0.717, 1.165) is 47.8 Å². The van der Waals surface area contributed by atoms with Crippen molar-refractivity contribution in [1.82, 2.24) is 15.6 Å². The van der Waals surface area contributed by atoms with E-state index in [2.05, 4.69) is 20.6 Å². The molecule has 2 aromatic rings. The molecule has 0 radical (unpaired) electrons. The van der Waals surface area contributed by atoms with Crippen LogP contribution in [0, 0.1) is 6.92 Å². The number of rotatable bonds is 7. The fourth-order valence-corrected chi connectivity index (χ4v) is 3.09. The molecule has 1 aromatic heterocycles. The van der Waals surface area contributed by atoms with Gasteiger partial charge in [0.1, 0.15) is 0 Å². The molecule has 0 aliphatic heterocycles. The summed E-state index contributed by atoms with van der Waals surface area (Å²) in [7, 11) is 0. The van der Waals surface area contributed by atoms with Gasteiger partial charge in [0.25, 0.3) is 0 Å². The second-order valence-electron chi connectivity index (χ2n) is 5.80. The average Bonchev–Trinajstić information content (AvgIpc) is 3.01. The van der Waals surface area contributed by atoms with Crippen molar-refractivity contribution in [2.75, 3.05) is 13.1 Å². The van der Waals surface area contributed by atoms with Crippen LogP contribution in [-0.2, 0) is 19.1 Å². The second kappa shape index (κ2) is 11.5. The summed E-state index contributed by atoms with van der Waals surface area (Å²) in [6, 6.07) is 5.09.